The number of nitrogens with one attached hydrogen (secondary N) is 3. The number of rotatable bonds is 11. The second-order valence-corrected chi connectivity index (χ2v) is 12.9. The summed E-state index contributed by atoms with van der Waals surface area (Å²) in [5.41, 5.74) is 5.31. The van der Waals surface area contributed by atoms with E-state index in [2.05, 4.69) is 16.0 Å². The lowest BCUT2D eigenvalue weighted by Gasteiger charge is -2.18. The van der Waals surface area contributed by atoms with Crippen molar-refractivity contribution in [1.29, 1.82) is 0 Å². The quantitative estimate of drug-likeness (QED) is 0.0931. The Morgan fingerprint density at radius 1 is 0.600 bits per heavy atom. The third kappa shape index (κ3) is 9.17. The van der Waals surface area contributed by atoms with E-state index in [1.807, 2.05) is 103 Å². The van der Waals surface area contributed by atoms with Gasteiger partial charge in [-0.3, -0.25) is 14.4 Å². The fourth-order valence-corrected chi connectivity index (χ4v) is 6.34. The van der Waals surface area contributed by atoms with E-state index < -0.39 is 17.1 Å². The molecule has 3 N–H and O–H groups in total. The largest absolute Gasteiger partial charge is 0.325 e. The Morgan fingerprint density at radius 2 is 1.22 bits per heavy atom. The van der Waals surface area contributed by atoms with Crippen LogP contribution in [-0.4, -0.2) is 17.7 Å². The summed E-state index contributed by atoms with van der Waals surface area (Å²) in [6.45, 7) is 0. The van der Waals surface area contributed by atoms with Gasteiger partial charge in [-0.05, 0) is 82.9 Å². The van der Waals surface area contributed by atoms with E-state index in [1.165, 1.54) is 11.8 Å². The van der Waals surface area contributed by atoms with Gasteiger partial charge >= 0.3 is 0 Å². The summed E-state index contributed by atoms with van der Waals surface area (Å²) in [5.74, 6) is -1.11. The zero-order valence-electron chi connectivity index (χ0n) is 26.8. The summed E-state index contributed by atoms with van der Waals surface area (Å²) < 4.78 is 0. The van der Waals surface area contributed by atoms with E-state index in [4.69, 9.17) is 11.6 Å². The summed E-state index contributed by atoms with van der Waals surface area (Å²) in [4.78, 5) is 41.3. The smallest absolute Gasteiger partial charge is 0.272 e. The van der Waals surface area contributed by atoms with Gasteiger partial charge in [-0.2, -0.15) is 0 Å². The number of hydrogen-bond acceptors (Lipinski definition) is 4. The first-order valence-corrected chi connectivity index (χ1v) is 17.1. The molecule has 246 valence electrons. The highest BCUT2D eigenvalue weighted by atomic mass is 35.5. The lowest BCUT2D eigenvalue weighted by Crippen LogP contribution is -2.30. The predicted octanol–water partition coefficient (Wildman–Crippen LogP) is 9.89. The molecule has 8 heteroatoms. The molecule has 0 saturated carbocycles. The third-order valence-corrected chi connectivity index (χ3v) is 9.16. The van der Waals surface area contributed by atoms with Gasteiger partial charge in [0.05, 0.1) is 0 Å². The van der Waals surface area contributed by atoms with Gasteiger partial charge in [0.25, 0.3) is 11.8 Å². The molecule has 0 fully saturated rings. The number of hydrogen-bond donors (Lipinski definition) is 3. The Morgan fingerprint density at radius 3 is 1.90 bits per heavy atom. The summed E-state index contributed by atoms with van der Waals surface area (Å²) in [6.07, 6.45) is 1.65. The first kappa shape index (κ1) is 34.0. The summed E-state index contributed by atoms with van der Waals surface area (Å²) in [7, 11) is 0. The minimum absolute atomic E-state index is 0.0777. The molecule has 0 bridgehead atoms. The zero-order chi connectivity index (χ0) is 34.7. The van der Waals surface area contributed by atoms with E-state index >= 15 is 0 Å². The molecule has 0 heterocycles. The molecule has 0 aromatic heterocycles. The minimum atomic E-state index is -0.586. The average Bonchev–Trinajstić information content (AvgIpc) is 3.16. The average molecular weight is 694 g/mol. The van der Waals surface area contributed by atoms with Crippen molar-refractivity contribution < 1.29 is 14.4 Å². The van der Waals surface area contributed by atoms with E-state index in [9.17, 15) is 14.4 Å². The molecule has 6 aromatic carbocycles. The Bertz CT molecular complexity index is 2110. The summed E-state index contributed by atoms with van der Waals surface area (Å²) >= 11 is 7.39. The predicted molar refractivity (Wildman–Crippen MR) is 204 cm³/mol. The Labute approximate surface area is 300 Å². The topological polar surface area (TPSA) is 87.3 Å². The summed E-state index contributed by atoms with van der Waals surface area (Å²) in [6, 6.07) is 50.2. The molecule has 0 radical (unpaired) electrons. The monoisotopic (exact) mass is 693 g/mol. The van der Waals surface area contributed by atoms with Crippen molar-refractivity contribution in [1.82, 2.24) is 5.32 Å². The first-order valence-electron chi connectivity index (χ1n) is 15.8. The van der Waals surface area contributed by atoms with E-state index in [-0.39, 0.29) is 11.6 Å². The fraction of sp³-hybridized carbons (Fsp3) is 0.0238. The molecule has 1 atom stereocenters. The van der Waals surface area contributed by atoms with E-state index in [0.717, 1.165) is 27.1 Å². The second-order valence-electron chi connectivity index (χ2n) is 11.3. The van der Waals surface area contributed by atoms with Crippen LogP contribution < -0.4 is 16.0 Å². The van der Waals surface area contributed by atoms with E-state index in [0.29, 0.717) is 22.0 Å². The van der Waals surface area contributed by atoms with Crippen LogP contribution in [0.3, 0.4) is 0 Å². The Balaban J connectivity index is 1.23. The first-order chi connectivity index (χ1) is 24.4. The van der Waals surface area contributed by atoms with Crippen molar-refractivity contribution in [3.63, 3.8) is 0 Å². The van der Waals surface area contributed by atoms with Crippen molar-refractivity contribution in [3.05, 3.63) is 191 Å². The van der Waals surface area contributed by atoms with Gasteiger partial charge in [0.15, 0.2) is 0 Å². The number of carbonyl (C=O) groups excluding carboxylic acids is 3. The number of carbonyl (C=O) groups is 3. The molecule has 6 rings (SSSR count). The molecular formula is C42H32ClN3O3S. The molecule has 6 nitrogen and oxygen atoms in total. The van der Waals surface area contributed by atoms with Crippen LogP contribution in [0.15, 0.2) is 174 Å². The molecule has 3 amide bonds. The van der Waals surface area contributed by atoms with Gasteiger partial charge in [-0.25, -0.2) is 0 Å². The van der Waals surface area contributed by atoms with Crippen LogP contribution in [0.2, 0.25) is 5.02 Å². The zero-order valence-corrected chi connectivity index (χ0v) is 28.3. The molecule has 0 aliphatic rings. The van der Waals surface area contributed by atoms with E-state index in [1.54, 1.807) is 66.7 Å². The van der Waals surface area contributed by atoms with Crippen LogP contribution in [0.4, 0.5) is 11.4 Å². The Kier molecular flexibility index (Phi) is 11.2. The van der Waals surface area contributed by atoms with Crippen molar-refractivity contribution in [2.75, 3.05) is 10.6 Å². The van der Waals surface area contributed by atoms with Crippen molar-refractivity contribution in [2.24, 2.45) is 0 Å². The molecule has 0 aliphatic heterocycles. The normalized spacial score (nSPS) is 11.7. The molecule has 6 aromatic rings. The van der Waals surface area contributed by atoms with Crippen LogP contribution in [-0.2, 0) is 9.59 Å². The lowest BCUT2D eigenvalue weighted by atomic mass is 10.0. The van der Waals surface area contributed by atoms with Crippen LogP contribution in [0.5, 0.6) is 0 Å². The van der Waals surface area contributed by atoms with Gasteiger partial charge < -0.3 is 16.0 Å². The highest BCUT2D eigenvalue weighted by Crippen LogP contribution is 2.37. The minimum Gasteiger partial charge on any atom is -0.325 e. The lowest BCUT2D eigenvalue weighted by molar-refractivity contribution is -0.116. The van der Waals surface area contributed by atoms with Gasteiger partial charge in [0.2, 0.25) is 5.91 Å². The standard InChI is InChI=1S/C42H32ClN3O3S/c43-34-23-25-35(26-24-34)44-42(49)39(32-13-6-2-7-14-32)50-37-18-10-17-36(28-37)45-41(48)38(46-40(47)33-15-8-3-9-16-33)27-29-19-21-31(22-20-29)30-11-4-1-5-12-30/h1-28,39H,(H,44,49)(H,45,48)(H,46,47)/b38-27+. The maximum absolute atomic E-state index is 13.8. The van der Waals surface area contributed by atoms with Gasteiger partial charge in [0, 0.05) is 26.9 Å². The number of halogens is 1. The second kappa shape index (κ2) is 16.5. The van der Waals surface area contributed by atoms with Crippen molar-refractivity contribution >= 4 is 58.5 Å². The molecule has 0 aliphatic carbocycles. The molecule has 0 saturated heterocycles. The molecule has 0 spiro atoms. The highest BCUT2D eigenvalue weighted by molar-refractivity contribution is 8.00. The SMILES string of the molecule is O=C(Nc1cccc(SC(C(=O)Nc2ccc(Cl)cc2)c2ccccc2)c1)/C(=C\c1ccc(-c2ccccc2)cc1)NC(=O)c1ccccc1. The fourth-order valence-electron chi connectivity index (χ4n) is 5.13. The number of benzene rings is 6. The van der Waals surface area contributed by atoms with Crippen LogP contribution >= 0.6 is 23.4 Å². The van der Waals surface area contributed by atoms with Gasteiger partial charge in [-0.1, -0.05) is 121 Å². The maximum atomic E-state index is 13.8. The number of amides is 3. The summed E-state index contributed by atoms with van der Waals surface area (Å²) in [5, 5.41) is 8.71. The van der Waals surface area contributed by atoms with Gasteiger partial charge in [0.1, 0.15) is 10.9 Å². The Hall–Kier alpha value is -5.89. The molecule has 50 heavy (non-hydrogen) atoms. The van der Waals surface area contributed by atoms with Crippen molar-refractivity contribution in [3.8, 4) is 11.1 Å². The van der Waals surface area contributed by atoms with Crippen molar-refractivity contribution in [2.45, 2.75) is 10.1 Å². The molecule has 1 unspecified atom stereocenters. The number of thioether (sulfide) groups is 1. The number of anilines is 2. The van der Waals surface area contributed by atoms with Crippen LogP contribution in [0.25, 0.3) is 17.2 Å². The van der Waals surface area contributed by atoms with Crippen LogP contribution in [0, 0.1) is 0 Å². The van der Waals surface area contributed by atoms with Crippen LogP contribution in [0.1, 0.15) is 26.7 Å². The third-order valence-electron chi connectivity index (χ3n) is 7.66. The highest BCUT2D eigenvalue weighted by Gasteiger charge is 2.23. The van der Waals surface area contributed by atoms with Gasteiger partial charge in [-0.15, -0.1) is 11.8 Å². The maximum Gasteiger partial charge on any atom is 0.272 e. The molecular weight excluding hydrogens is 662 g/mol.